The Bertz CT molecular complexity index is 1510. The molecular weight excluding hydrogens is 532 g/mol. The van der Waals surface area contributed by atoms with Gasteiger partial charge in [-0.1, -0.05) is 0 Å². The third kappa shape index (κ3) is 3.61. The topological polar surface area (TPSA) is 25.8 Å². The van der Waals surface area contributed by atoms with Crippen LogP contribution in [0.25, 0.3) is 34.7 Å². The van der Waals surface area contributed by atoms with Crippen LogP contribution in [0.1, 0.15) is 43.4 Å². The molecule has 2 aliphatic carbocycles. The molecule has 178 valence electrons. The van der Waals surface area contributed by atoms with E-state index in [9.17, 15) is 0 Å². The Hall–Kier alpha value is -2.68. The first-order chi connectivity index (χ1) is 17.2. The maximum absolute atomic E-state index is 4.69. The summed E-state index contributed by atoms with van der Waals surface area (Å²) in [5.74, 6) is 0. The van der Waals surface area contributed by atoms with Crippen molar-refractivity contribution in [2.24, 2.45) is 0 Å². The van der Waals surface area contributed by atoms with Crippen LogP contribution in [0.15, 0.2) is 96.3 Å². The summed E-state index contributed by atoms with van der Waals surface area (Å²) in [4.78, 5) is 9.38. The van der Waals surface area contributed by atoms with Crippen LogP contribution in [0.2, 0.25) is 9.26 Å². The Labute approximate surface area is 216 Å². The summed E-state index contributed by atoms with van der Waals surface area (Å²) >= 11 is -3.52. The van der Waals surface area contributed by atoms with Crippen molar-refractivity contribution >= 4 is 19.0 Å². The van der Waals surface area contributed by atoms with E-state index in [0.717, 1.165) is 11.4 Å². The normalized spacial score (nSPS) is 18.9. The molecule has 2 aromatic heterocycles. The minimum atomic E-state index is -3.52. The van der Waals surface area contributed by atoms with Gasteiger partial charge >= 0.3 is 218 Å². The van der Waals surface area contributed by atoms with Crippen LogP contribution in [0.3, 0.4) is 0 Å². The van der Waals surface area contributed by atoms with E-state index in [2.05, 4.69) is 113 Å². The molecule has 0 N–H and O–H groups in total. The van der Waals surface area contributed by atoms with Gasteiger partial charge < -0.3 is 0 Å². The summed E-state index contributed by atoms with van der Waals surface area (Å²) in [5, 5.41) is 0. The molecule has 2 nitrogen and oxygen atoms in total. The van der Waals surface area contributed by atoms with E-state index < -0.39 is 17.4 Å². The molecule has 2 atom stereocenters. The zero-order valence-electron chi connectivity index (χ0n) is 21.5. The molecule has 2 unspecified atom stereocenters. The summed E-state index contributed by atoms with van der Waals surface area (Å²) in [5.41, 5.74) is 13.4. The number of allylic oxidation sites excluding steroid dienone is 2. The number of fused-ring (bicyclic) bond motifs is 2. The van der Waals surface area contributed by atoms with Crippen LogP contribution in [-0.4, -0.2) is 16.8 Å². The first kappa shape index (κ1) is 23.7. The Morgan fingerprint density at radius 1 is 0.611 bits per heavy atom. The van der Waals surface area contributed by atoms with E-state index in [4.69, 9.17) is 0 Å². The maximum atomic E-state index is 4.69. The van der Waals surface area contributed by atoms with Crippen LogP contribution < -0.4 is 0 Å². The van der Waals surface area contributed by atoms with E-state index >= 15 is 0 Å². The van der Waals surface area contributed by atoms with Crippen molar-refractivity contribution < 1.29 is 17.4 Å². The van der Waals surface area contributed by atoms with Gasteiger partial charge in [-0.3, -0.25) is 0 Å². The molecule has 0 bridgehead atoms. The molecule has 2 aromatic carbocycles. The molecule has 0 aliphatic heterocycles. The molecule has 2 aliphatic rings. The first-order valence-corrected chi connectivity index (χ1v) is 26.4. The molecule has 4 aromatic rings. The molecule has 0 fully saturated rings. The second-order valence-corrected chi connectivity index (χ2v) is 42.1. The van der Waals surface area contributed by atoms with Gasteiger partial charge in [0.15, 0.2) is 0 Å². The number of hydrogen-bond donors (Lipinski definition) is 0. The van der Waals surface area contributed by atoms with Gasteiger partial charge in [0.2, 0.25) is 0 Å². The summed E-state index contributed by atoms with van der Waals surface area (Å²) in [6.07, 6.45) is 8.70. The van der Waals surface area contributed by atoms with Crippen molar-refractivity contribution in [1.82, 2.24) is 9.97 Å². The van der Waals surface area contributed by atoms with E-state index in [1.807, 2.05) is 24.5 Å². The Morgan fingerprint density at radius 3 is 1.44 bits per heavy atom. The number of aromatic nitrogens is 2. The standard InChI is InChI=1S/2C15H12N.2CH3.H2Si.Zr/c2*1-11-9-12-5-4-6-13(14(12)10-11)15-7-2-3-8-16-15;;;;/h2*2-10H,1H3;2*1H3;1H2;. The zero-order valence-corrected chi connectivity index (χ0v) is 25.4. The number of pyridine rings is 2. The van der Waals surface area contributed by atoms with Gasteiger partial charge in [-0.2, -0.15) is 0 Å². The van der Waals surface area contributed by atoms with Crippen molar-refractivity contribution in [2.45, 2.75) is 30.4 Å². The van der Waals surface area contributed by atoms with Gasteiger partial charge in [-0.15, -0.1) is 0 Å². The van der Waals surface area contributed by atoms with Gasteiger partial charge in [0, 0.05) is 0 Å². The van der Waals surface area contributed by atoms with Crippen molar-refractivity contribution in [2.75, 3.05) is 0 Å². The molecule has 2 heterocycles. The van der Waals surface area contributed by atoms with Crippen molar-refractivity contribution in [3.05, 3.63) is 119 Å². The monoisotopic (exact) mass is 562 g/mol. The van der Waals surface area contributed by atoms with E-state index in [1.165, 1.54) is 44.5 Å². The molecule has 36 heavy (non-hydrogen) atoms. The van der Waals surface area contributed by atoms with Crippen LogP contribution >= 0.6 is 0 Å². The third-order valence-electron chi connectivity index (χ3n) is 8.33. The number of benzene rings is 2. The summed E-state index contributed by atoms with van der Waals surface area (Å²) < 4.78 is 6.38. The van der Waals surface area contributed by atoms with E-state index in [1.54, 1.807) is 0 Å². The number of nitrogens with zero attached hydrogens (tertiary/aromatic N) is 2. The van der Waals surface area contributed by atoms with Crippen LogP contribution in [-0.2, 0) is 17.4 Å². The molecule has 0 amide bonds. The molecule has 0 spiro atoms. The van der Waals surface area contributed by atoms with Crippen molar-refractivity contribution in [3.63, 3.8) is 0 Å². The van der Waals surface area contributed by atoms with Crippen LogP contribution in [0.4, 0.5) is 0 Å². The predicted molar refractivity (Wildman–Crippen MR) is 152 cm³/mol. The predicted octanol–water partition coefficient (Wildman–Crippen LogP) is 7.76. The molecule has 6 rings (SSSR count). The Balaban J connectivity index is 1.51. The fourth-order valence-corrected chi connectivity index (χ4v) is 28.5. The van der Waals surface area contributed by atoms with Gasteiger partial charge in [0.25, 0.3) is 0 Å². The van der Waals surface area contributed by atoms with Crippen molar-refractivity contribution in [1.29, 1.82) is 0 Å². The fourth-order valence-electron chi connectivity index (χ4n) is 7.28. The molecule has 4 heteroatoms. The Morgan fingerprint density at radius 2 is 1.06 bits per heavy atom. The second-order valence-electron chi connectivity index (χ2n) is 11.6. The minimum absolute atomic E-state index is 0.501. The average Bonchev–Trinajstić information content (AvgIpc) is 3.41. The van der Waals surface area contributed by atoms with E-state index in [0.29, 0.717) is 7.25 Å². The molecule has 0 radical (unpaired) electrons. The van der Waals surface area contributed by atoms with Gasteiger partial charge in [0.05, 0.1) is 0 Å². The molecular formula is C32H32N2SiZr. The summed E-state index contributed by atoms with van der Waals surface area (Å²) in [6.45, 7) is 7.11. The Kier molecular flexibility index (Phi) is 5.55. The third-order valence-corrected chi connectivity index (χ3v) is 26.3. The number of hydrogen-bond acceptors (Lipinski definition) is 2. The quantitative estimate of drug-likeness (QED) is 0.237. The summed E-state index contributed by atoms with van der Waals surface area (Å²) in [7, 11) is 0. The van der Waals surface area contributed by atoms with Gasteiger partial charge in [0.1, 0.15) is 0 Å². The van der Waals surface area contributed by atoms with Crippen molar-refractivity contribution in [3.8, 4) is 22.5 Å². The molecule has 0 saturated heterocycles. The van der Waals surface area contributed by atoms with Crippen LogP contribution in [0.5, 0.6) is 0 Å². The second kappa shape index (κ2) is 8.43. The molecule has 0 saturated carbocycles. The van der Waals surface area contributed by atoms with Gasteiger partial charge in [-0.05, 0) is 0 Å². The van der Waals surface area contributed by atoms with Crippen LogP contribution in [0, 0.1) is 0 Å². The van der Waals surface area contributed by atoms with Gasteiger partial charge in [-0.25, -0.2) is 0 Å². The summed E-state index contributed by atoms with van der Waals surface area (Å²) in [6, 6.07) is 26.1. The SMILES string of the molecule is CC1=Cc2c(-c3ccccn3)cccc2[CH]1[Zr]([CH3])([CH3])(=[SiH2])[CH]1C(C)=Cc2c(-c3ccccn3)cccc21. The average molecular weight is 564 g/mol. The van der Waals surface area contributed by atoms with E-state index in [-0.39, 0.29) is 0 Å². The zero-order chi connectivity index (χ0) is 25.1. The first-order valence-electron chi connectivity index (χ1n) is 12.8. The fraction of sp³-hybridized carbons (Fsp3) is 0.188. The number of rotatable bonds is 4.